The maximum absolute atomic E-state index is 11.6. The molecule has 0 spiro atoms. The number of ether oxygens (including phenoxy) is 2. The van der Waals surface area contributed by atoms with Crippen LogP contribution in [0, 0.1) is 0 Å². The van der Waals surface area contributed by atoms with Gasteiger partial charge in [0.25, 0.3) is 13.9 Å². The number of H-pyrrole nitrogens is 1. The standard InChI is InChI=1S/C10H11N2O7P/c1-5-4-7(19-10(15)20(16)17)18-8(5)12-3-2-6(13)11-9(12)14/h2-4,7-8,16-17H,1H3,(H,11,13,14)/t7-,8-/m1/s1. The van der Waals surface area contributed by atoms with E-state index in [1.165, 1.54) is 12.3 Å². The van der Waals surface area contributed by atoms with Crippen LogP contribution in [0.5, 0.6) is 0 Å². The maximum Gasteiger partial charge on any atom is 0.386 e. The molecule has 2 rings (SSSR count). The average molecular weight is 302 g/mol. The molecule has 108 valence electrons. The molecule has 9 nitrogen and oxygen atoms in total. The highest BCUT2D eigenvalue weighted by Crippen LogP contribution is 2.32. The van der Waals surface area contributed by atoms with Crippen molar-refractivity contribution in [1.29, 1.82) is 0 Å². The molecule has 0 unspecified atom stereocenters. The molecule has 0 aromatic carbocycles. The molecule has 0 bridgehead atoms. The van der Waals surface area contributed by atoms with Crippen molar-refractivity contribution < 1.29 is 24.1 Å². The van der Waals surface area contributed by atoms with E-state index in [2.05, 4.69) is 9.72 Å². The number of nitrogens with zero attached hydrogens (tertiary/aromatic N) is 1. The van der Waals surface area contributed by atoms with E-state index in [0.717, 1.165) is 10.6 Å². The van der Waals surface area contributed by atoms with Crippen LogP contribution >= 0.6 is 8.38 Å². The summed E-state index contributed by atoms with van der Waals surface area (Å²) in [4.78, 5) is 53.1. The van der Waals surface area contributed by atoms with Gasteiger partial charge < -0.3 is 19.3 Å². The minimum atomic E-state index is -2.86. The van der Waals surface area contributed by atoms with Crippen molar-refractivity contribution in [3.05, 3.63) is 44.8 Å². The highest BCUT2D eigenvalue weighted by atomic mass is 31.2. The highest BCUT2D eigenvalue weighted by molar-refractivity contribution is 7.63. The van der Waals surface area contributed by atoms with Gasteiger partial charge in [-0.25, -0.2) is 9.59 Å². The minimum absolute atomic E-state index is 0.542. The van der Waals surface area contributed by atoms with Gasteiger partial charge in [0.2, 0.25) is 6.29 Å². The zero-order chi connectivity index (χ0) is 14.9. The van der Waals surface area contributed by atoms with Gasteiger partial charge in [0.1, 0.15) is 0 Å². The largest absolute Gasteiger partial charge is 0.425 e. The summed E-state index contributed by atoms with van der Waals surface area (Å²) in [6.45, 7) is 1.64. The number of hydrogen-bond donors (Lipinski definition) is 3. The monoisotopic (exact) mass is 302 g/mol. The SMILES string of the molecule is CC1=C[C@@H](OC(=O)P(O)O)O[C@H]1n1ccc(=O)[nH]c1=O. The van der Waals surface area contributed by atoms with Crippen molar-refractivity contribution in [3.63, 3.8) is 0 Å². The second-order valence-corrected chi connectivity index (χ2v) is 4.90. The van der Waals surface area contributed by atoms with Crippen LogP contribution in [-0.2, 0) is 9.47 Å². The first-order valence-electron chi connectivity index (χ1n) is 5.42. The molecule has 0 saturated heterocycles. The summed E-state index contributed by atoms with van der Waals surface area (Å²) in [5.41, 5.74) is -1.85. The van der Waals surface area contributed by atoms with E-state index in [9.17, 15) is 14.4 Å². The fraction of sp³-hybridized carbons (Fsp3) is 0.300. The first-order valence-corrected chi connectivity index (χ1v) is 6.67. The van der Waals surface area contributed by atoms with Crippen LogP contribution in [0.25, 0.3) is 0 Å². The van der Waals surface area contributed by atoms with Crippen molar-refractivity contribution in [2.75, 3.05) is 0 Å². The number of rotatable bonds is 3. The van der Waals surface area contributed by atoms with Gasteiger partial charge in [0, 0.05) is 12.3 Å². The lowest BCUT2D eigenvalue weighted by Gasteiger charge is -2.17. The lowest BCUT2D eigenvalue weighted by molar-refractivity contribution is -0.0999. The second-order valence-electron chi connectivity index (χ2n) is 3.96. The lowest BCUT2D eigenvalue weighted by Crippen LogP contribution is -2.32. The molecule has 0 fully saturated rings. The van der Waals surface area contributed by atoms with Gasteiger partial charge in [0.05, 0.1) is 0 Å². The van der Waals surface area contributed by atoms with Gasteiger partial charge in [-0.1, -0.05) is 0 Å². The van der Waals surface area contributed by atoms with Crippen LogP contribution in [0.3, 0.4) is 0 Å². The molecule has 1 aromatic rings. The van der Waals surface area contributed by atoms with Crippen LogP contribution in [0.4, 0.5) is 4.79 Å². The normalized spacial score (nSPS) is 21.9. The molecular formula is C10H11N2O7P. The smallest absolute Gasteiger partial charge is 0.386 e. The van der Waals surface area contributed by atoms with Crippen molar-refractivity contribution in [1.82, 2.24) is 9.55 Å². The Hall–Kier alpha value is -1.80. The Kier molecular flexibility index (Phi) is 4.15. The topological polar surface area (TPSA) is 131 Å². The highest BCUT2D eigenvalue weighted by Gasteiger charge is 2.30. The van der Waals surface area contributed by atoms with E-state index in [1.807, 2.05) is 0 Å². The number of aromatic amines is 1. The Balaban J connectivity index is 2.17. The molecule has 0 radical (unpaired) electrons. The second kappa shape index (κ2) is 5.68. The summed E-state index contributed by atoms with van der Waals surface area (Å²) in [6, 6.07) is 1.15. The number of carbonyl (C=O) groups is 1. The van der Waals surface area contributed by atoms with Crippen LogP contribution in [-0.4, -0.2) is 31.3 Å². The van der Waals surface area contributed by atoms with E-state index < -0.39 is 37.9 Å². The van der Waals surface area contributed by atoms with Gasteiger partial charge in [0.15, 0.2) is 6.23 Å². The van der Waals surface area contributed by atoms with Gasteiger partial charge in [-0.3, -0.25) is 14.3 Å². The zero-order valence-electron chi connectivity index (χ0n) is 10.2. The summed E-state index contributed by atoms with van der Waals surface area (Å²) in [7, 11) is -2.86. The molecule has 0 amide bonds. The number of carbonyl (C=O) groups excluding carboxylic acids is 1. The Labute approximate surface area is 113 Å². The Morgan fingerprint density at radius 1 is 1.50 bits per heavy atom. The predicted octanol–water partition coefficient (Wildman–Crippen LogP) is -0.229. The summed E-state index contributed by atoms with van der Waals surface area (Å²) in [5.74, 6) is 0. The van der Waals surface area contributed by atoms with Gasteiger partial charge in [-0.2, -0.15) is 0 Å². The molecule has 2 heterocycles. The first kappa shape index (κ1) is 14.6. The van der Waals surface area contributed by atoms with Crippen LogP contribution < -0.4 is 11.2 Å². The van der Waals surface area contributed by atoms with Crippen molar-refractivity contribution in [2.45, 2.75) is 19.4 Å². The number of hydrogen-bond acceptors (Lipinski definition) is 7. The van der Waals surface area contributed by atoms with Gasteiger partial charge in [-0.15, -0.1) is 0 Å². The molecule has 0 saturated carbocycles. The lowest BCUT2D eigenvalue weighted by atomic mass is 10.3. The summed E-state index contributed by atoms with van der Waals surface area (Å²) in [5, 5.41) is 0. The van der Waals surface area contributed by atoms with E-state index in [0.29, 0.717) is 5.57 Å². The molecule has 20 heavy (non-hydrogen) atoms. The van der Waals surface area contributed by atoms with Crippen molar-refractivity contribution >= 4 is 14.1 Å². The van der Waals surface area contributed by atoms with Crippen LogP contribution in [0.1, 0.15) is 13.2 Å². The molecule has 1 aliphatic rings. The third kappa shape index (κ3) is 3.02. The zero-order valence-corrected chi connectivity index (χ0v) is 11.1. The van der Waals surface area contributed by atoms with Gasteiger partial charge in [-0.05, 0) is 18.6 Å². The average Bonchev–Trinajstić information content (AvgIpc) is 2.70. The summed E-state index contributed by atoms with van der Waals surface area (Å²) in [6.07, 6.45) is 0.688. The first-order chi connectivity index (χ1) is 9.38. The Bertz CT molecular complexity index is 662. The third-order valence-corrected chi connectivity index (χ3v) is 2.97. The Morgan fingerprint density at radius 2 is 2.20 bits per heavy atom. The van der Waals surface area contributed by atoms with E-state index in [1.54, 1.807) is 6.92 Å². The van der Waals surface area contributed by atoms with Crippen molar-refractivity contribution in [3.8, 4) is 0 Å². The van der Waals surface area contributed by atoms with Crippen LogP contribution in [0.15, 0.2) is 33.5 Å². The summed E-state index contributed by atoms with van der Waals surface area (Å²) < 4.78 is 11.1. The fourth-order valence-electron chi connectivity index (χ4n) is 1.68. The molecule has 1 aliphatic heterocycles. The minimum Gasteiger partial charge on any atom is -0.425 e. The van der Waals surface area contributed by atoms with Crippen molar-refractivity contribution in [2.24, 2.45) is 0 Å². The predicted molar refractivity (Wildman–Crippen MR) is 66.8 cm³/mol. The quantitative estimate of drug-likeness (QED) is 0.519. The molecule has 1 aromatic heterocycles. The Morgan fingerprint density at radius 3 is 2.80 bits per heavy atom. The maximum atomic E-state index is 11.6. The van der Waals surface area contributed by atoms with E-state index >= 15 is 0 Å². The fourth-order valence-corrected chi connectivity index (χ4v) is 1.87. The van der Waals surface area contributed by atoms with E-state index in [4.69, 9.17) is 14.5 Å². The molecule has 0 aliphatic carbocycles. The molecule has 2 atom stereocenters. The summed E-state index contributed by atoms with van der Waals surface area (Å²) >= 11 is 0. The third-order valence-electron chi connectivity index (χ3n) is 2.54. The van der Waals surface area contributed by atoms with Gasteiger partial charge >= 0.3 is 11.4 Å². The number of nitrogens with one attached hydrogen (secondary N) is 1. The van der Waals surface area contributed by atoms with E-state index in [-0.39, 0.29) is 0 Å². The molecular weight excluding hydrogens is 291 g/mol. The van der Waals surface area contributed by atoms with Crippen LogP contribution in [0.2, 0.25) is 0 Å². The number of aromatic nitrogens is 2. The molecule has 3 N–H and O–H groups in total. The molecule has 10 heteroatoms.